The van der Waals surface area contributed by atoms with E-state index in [0.717, 1.165) is 50.4 Å². The molecule has 10 rings (SSSR count). The van der Waals surface area contributed by atoms with Crippen LogP contribution in [-0.4, -0.2) is 15.0 Å². The van der Waals surface area contributed by atoms with E-state index in [1.54, 1.807) is 0 Å². The monoisotopic (exact) mass is 639 g/mol. The van der Waals surface area contributed by atoms with Crippen molar-refractivity contribution in [1.82, 2.24) is 15.0 Å². The first kappa shape index (κ1) is 28.4. The van der Waals surface area contributed by atoms with Crippen LogP contribution in [0.5, 0.6) is 11.5 Å². The van der Waals surface area contributed by atoms with E-state index in [1.807, 2.05) is 36.4 Å². The van der Waals surface area contributed by atoms with E-state index in [2.05, 4.69) is 140 Å². The normalized spacial score (nSPS) is 13.1. The molecule has 1 aromatic heterocycles. The molecule has 0 fully saturated rings. The molecule has 4 heteroatoms. The summed E-state index contributed by atoms with van der Waals surface area (Å²) in [5.74, 6) is 3.59. The van der Waals surface area contributed by atoms with Gasteiger partial charge < -0.3 is 4.74 Å². The fraction of sp³-hybridized carbons (Fsp3) is 0.0217. The molecular weight excluding hydrogens is 611 g/mol. The number of benzene rings is 7. The minimum atomic E-state index is -0.648. The van der Waals surface area contributed by atoms with E-state index in [9.17, 15) is 0 Å². The van der Waals surface area contributed by atoms with Crippen molar-refractivity contribution >= 4 is 0 Å². The third-order valence-electron chi connectivity index (χ3n) is 10.0. The fourth-order valence-electron chi connectivity index (χ4n) is 7.88. The fourth-order valence-corrected chi connectivity index (χ4v) is 7.88. The van der Waals surface area contributed by atoms with Gasteiger partial charge in [0.1, 0.15) is 11.5 Å². The maximum absolute atomic E-state index is 6.59. The summed E-state index contributed by atoms with van der Waals surface area (Å²) < 4.78 is 6.59. The average molecular weight is 640 g/mol. The smallest absolute Gasteiger partial charge is 0.164 e. The molecule has 2 heterocycles. The minimum Gasteiger partial charge on any atom is -0.457 e. The van der Waals surface area contributed by atoms with Gasteiger partial charge in [-0.2, -0.15) is 0 Å². The Morgan fingerprint density at radius 2 is 0.760 bits per heavy atom. The Balaban J connectivity index is 1.25. The Bertz CT molecular complexity index is 2520. The summed E-state index contributed by atoms with van der Waals surface area (Å²) in [5.41, 5.74) is 11.4. The van der Waals surface area contributed by atoms with Gasteiger partial charge in [0.15, 0.2) is 17.5 Å². The number of para-hydroxylation sites is 2. The lowest BCUT2D eigenvalue weighted by Gasteiger charge is -2.40. The summed E-state index contributed by atoms with van der Waals surface area (Å²) in [4.78, 5) is 15.6. The first-order chi connectivity index (χ1) is 24.8. The number of aromatic nitrogens is 3. The summed E-state index contributed by atoms with van der Waals surface area (Å²) in [6, 6.07) is 61.2. The quantitative estimate of drug-likeness (QED) is 0.192. The Hall–Kier alpha value is -6.65. The van der Waals surface area contributed by atoms with Crippen molar-refractivity contribution in [3.63, 3.8) is 0 Å². The first-order valence-corrected chi connectivity index (χ1v) is 16.9. The molecule has 1 spiro atoms. The van der Waals surface area contributed by atoms with Gasteiger partial charge in [-0.25, -0.2) is 15.0 Å². The molecule has 234 valence electrons. The topological polar surface area (TPSA) is 47.9 Å². The first-order valence-electron chi connectivity index (χ1n) is 16.9. The molecule has 0 N–H and O–H groups in total. The molecule has 0 saturated heterocycles. The molecule has 0 radical (unpaired) electrons. The molecule has 4 nitrogen and oxygen atoms in total. The minimum absolute atomic E-state index is 0.628. The van der Waals surface area contributed by atoms with Gasteiger partial charge in [-0.05, 0) is 45.5 Å². The molecule has 1 aliphatic carbocycles. The van der Waals surface area contributed by atoms with E-state index in [4.69, 9.17) is 19.7 Å². The van der Waals surface area contributed by atoms with E-state index in [1.165, 1.54) is 22.3 Å². The van der Waals surface area contributed by atoms with Crippen molar-refractivity contribution in [2.45, 2.75) is 5.41 Å². The third kappa shape index (κ3) is 4.22. The van der Waals surface area contributed by atoms with Gasteiger partial charge in [-0.3, -0.25) is 0 Å². The second kappa shape index (κ2) is 11.2. The summed E-state index contributed by atoms with van der Waals surface area (Å²) in [6.45, 7) is 0. The van der Waals surface area contributed by atoms with Crippen LogP contribution in [-0.2, 0) is 5.41 Å². The van der Waals surface area contributed by atoms with E-state index in [0.29, 0.717) is 17.5 Å². The molecule has 1 aliphatic heterocycles. The molecule has 50 heavy (non-hydrogen) atoms. The Morgan fingerprint density at radius 3 is 1.42 bits per heavy atom. The van der Waals surface area contributed by atoms with Crippen LogP contribution < -0.4 is 4.74 Å². The van der Waals surface area contributed by atoms with Gasteiger partial charge in [0.25, 0.3) is 0 Å². The van der Waals surface area contributed by atoms with Crippen LogP contribution in [0.2, 0.25) is 0 Å². The predicted molar refractivity (Wildman–Crippen MR) is 199 cm³/mol. The van der Waals surface area contributed by atoms with Gasteiger partial charge in [0, 0.05) is 27.8 Å². The van der Waals surface area contributed by atoms with Crippen LogP contribution in [0.3, 0.4) is 0 Å². The number of fused-ring (bicyclic) bond motifs is 9. The molecule has 0 unspecified atom stereocenters. The summed E-state index contributed by atoms with van der Waals surface area (Å²) in [6.07, 6.45) is 0. The summed E-state index contributed by atoms with van der Waals surface area (Å²) >= 11 is 0. The van der Waals surface area contributed by atoms with E-state index < -0.39 is 5.41 Å². The third-order valence-corrected chi connectivity index (χ3v) is 10.0. The highest BCUT2D eigenvalue weighted by Gasteiger charge is 2.52. The van der Waals surface area contributed by atoms with Gasteiger partial charge >= 0.3 is 0 Å². The van der Waals surface area contributed by atoms with E-state index >= 15 is 0 Å². The van der Waals surface area contributed by atoms with Crippen molar-refractivity contribution in [1.29, 1.82) is 0 Å². The van der Waals surface area contributed by atoms with Gasteiger partial charge in [0.2, 0.25) is 0 Å². The standard InChI is InChI=1S/C46H29N3O/c1-3-14-30(15-4-1)31-26-28-33(29-27-31)44-47-43(32-16-5-2-6-17-32)48-45(49-44)36-20-13-19-35-34-18-7-8-21-37(34)46(42(35)36)38-22-9-11-24-40(38)50-41-25-12-10-23-39(41)46/h1-29H. The number of rotatable bonds is 4. The highest BCUT2D eigenvalue weighted by molar-refractivity contribution is 5.93. The Morgan fingerprint density at radius 1 is 0.320 bits per heavy atom. The maximum atomic E-state index is 6.59. The number of hydrogen-bond donors (Lipinski definition) is 0. The van der Waals surface area contributed by atoms with E-state index in [-0.39, 0.29) is 0 Å². The highest BCUT2D eigenvalue weighted by atomic mass is 16.5. The van der Waals surface area contributed by atoms with Gasteiger partial charge in [-0.15, -0.1) is 0 Å². The van der Waals surface area contributed by atoms with Crippen molar-refractivity contribution in [2.75, 3.05) is 0 Å². The highest BCUT2D eigenvalue weighted by Crippen LogP contribution is 2.63. The second-order valence-corrected chi connectivity index (χ2v) is 12.7. The van der Waals surface area contributed by atoms with Crippen LogP contribution in [0, 0.1) is 0 Å². The molecule has 8 aromatic rings. The molecule has 0 bridgehead atoms. The summed E-state index contributed by atoms with van der Waals surface area (Å²) in [7, 11) is 0. The van der Waals surface area contributed by atoms with Crippen molar-refractivity contribution in [2.24, 2.45) is 0 Å². The molecule has 7 aromatic carbocycles. The Labute approximate surface area is 290 Å². The van der Waals surface area contributed by atoms with Crippen molar-refractivity contribution in [3.8, 4) is 67.9 Å². The summed E-state index contributed by atoms with van der Waals surface area (Å²) in [5, 5.41) is 0. The zero-order valence-electron chi connectivity index (χ0n) is 27.0. The van der Waals surface area contributed by atoms with Gasteiger partial charge in [-0.1, -0.05) is 164 Å². The number of nitrogens with zero attached hydrogens (tertiary/aromatic N) is 3. The van der Waals surface area contributed by atoms with Crippen LogP contribution in [0.4, 0.5) is 0 Å². The lowest BCUT2D eigenvalue weighted by atomic mass is 9.65. The van der Waals surface area contributed by atoms with Crippen LogP contribution in [0.25, 0.3) is 56.4 Å². The maximum Gasteiger partial charge on any atom is 0.164 e. The molecule has 0 atom stereocenters. The predicted octanol–water partition coefficient (Wildman–Crippen LogP) is 11.0. The average Bonchev–Trinajstić information content (AvgIpc) is 3.49. The zero-order valence-corrected chi connectivity index (χ0v) is 27.0. The molecular formula is C46H29N3O. The molecule has 2 aliphatic rings. The van der Waals surface area contributed by atoms with Crippen molar-refractivity contribution in [3.05, 3.63) is 198 Å². The number of ether oxygens (including phenoxy) is 1. The Kier molecular flexibility index (Phi) is 6.36. The van der Waals surface area contributed by atoms with Gasteiger partial charge in [0.05, 0.1) is 5.41 Å². The molecule has 0 amide bonds. The zero-order chi connectivity index (χ0) is 33.1. The van der Waals surface area contributed by atoms with Crippen LogP contribution >= 0.6 is 0 Å². The SMILES string of the molecule is c1ccc(-c2ccc(-c3nc(-c4ccccc4)nc(-c4cccc5c4C4(c6ccccc6Oc6ccccc64)c4ccccc4-5)n3)cc2)cc1. The van der Waals surface area contributed by atoms with Crippen molar-refractivity contribution < 1.29 is 4.74 Å². The lowest BCUT2D eigenvalue weighted by Crippen LogP contribution is -2.32. The van der Waals surface area contributed by atoms with Crippen LogP contribution in [0.1, 0.15) is 22.3 Å². The number of hydrogen-bond acceptors (Lipinski definition) is 4. The largest absolute Gasteiger partial charge is 0.457 e. The lowest BCUT2D eigenvalue weighted by molar-refractivity contribution is 0.436. The molecule has 0 saturated carbocycles. The van der Waals surface area contributed by atoms with Crippen LogP contribution in [0.15, 0.2) is 176 Å². The second-order valence-electron chi connectivity index (χ2n) is 12.7.